The first-order valence-electron chi connectivity index (χ1n) is 14.8. The molecule has 45 heavy (non-hydrogen) atoms. The number of pyridine rings is 1. The largest absolute Gasteiger partial charge is 0.331 e. The molecule has 0 saturated carbocycles. The van der Waals surface area contributed by atoms with E-state index in [0.29, 0.717) is 21.8 Å². The molecule has 0 spiro atoms. The van der Waals surface area contributed by atoms with E-state index < -0.39 is 0 Å². The monoisotopic (exact) mass is 586 g/mol. The summed E-state index contributed by atoms with van der Waals surface area (Å²) in [7, 11) is 0. The van der Waals surface area contributed by atoms with Crippen LogP contribution in [0.2, 0.25) is 0 Å². The molecule has 0 radical (unpaired) electrons. The molecular weight excluding hydrogens is 556 g/mol. The topological polar surface area (TPSA) is 68.4 Å². The zero-order chi connectivity index (χ0) is 30.8. The van der Waals surface area contributed by atoms with Gasteiger partial charge in [0, 0.05) is 22.0 Å². The van der Waals surface area contributed by atoms with E-state index in [1.807, 2.05) is 77.4 Å². The van der Waals surface area contributed by atoms with Gasteiger partial charge >= 0.3 is 0 Å². The SMILES string of the molecule is Cc1ccc(-n2c(-c3ccccc3)cc(/C=N\NC(=O)Cn3c4ccccc4c(=O)c4ccccc43)c2-c2ccccc2)cc1. The Morgan fingerprint density at radius 2 is 1.27 bits per heavy atom. The second-order valence-corrected chi connectivity index (χ2v) is 11.0. The molecule has 2 heterocycles. The summed E-state index contributed by atoms with van der Waals surface area (Å²) in [6, 6.07) is 45.8. The molecule has 0 bridgehead atoms. The Bertz CT molecular complexity index is 2190. The third kappa shape index (κ3) is 5.34. The smallest absolute Gasteiger partial charge is 0.260 e. The number of rotatable bonds is 7. The van der Waals surface area contributed by atoms with Crippen LogP contribution in [0.25, 0.3) is 50.0 Å². The van der Waals surface area contributed by atoms with E-state index in [9.17, 15) is 9.59 Å². The molecule has 2 aromatic heterocycles. The van der Waals surface area contributed by atoms with Crippen LogP contribution in [0.5, 0.6) is 0 Å². The van der Waals surface area contributed by atoms with Crippen molar-refractivity contribution in [3.05, 3.63) is 161 Å². The fourth-order valence-corrected chi connectivity index (χ4v) is 5.90. The van der Waals surface area contributed by atoms with Crippen LogP contribution in [0.4, 0.5) is 0 Å². The van der Waals surface area contributed by atoms with Crippen LogP contribution in [-0.2, 0) is 11.3 Å². The first kappa shape index (κ1) is 27.8. The second kappa shape index (κ2) is 11.9. The zero-order valence-electron chi connectivity index (χ0n) is 24.7. The van der Waals surface area contributed by atoms with Gasteiger partial charge in [-0.2, -0.15) is 5.10 Å². The van der Waals surface area contributed by atoms with E-state index in [2.05, 4.69) is 76.6 Å². The Labute approximate surface area is 260 Å². The van der Waals surface area contributed by atoms with Gasteiger partial charge in [0.1, 0.15) is 6.54 Å². The molecule has 0 fully saturated rings. The molecule has 6 heteroatoms. The Hall–Kier alpha value is -6.01. The molecule has 0 aliphatic rings. The molecule has 1 amide bonds. The van der Waals surface area contributed by atoms with E-state index in [0.717, 1.165) is 33.8 Å². The van der Waals surface area contributed by atoms with Crippen molar-refractivity contribution in [2.75, 3.05) is 0 Å². The first-order chi connectivity index (χ1) is 22.1. The zero-order valence-corrected chi connectivity index (χ0v) is 24.7. The number of carbonyl (C=O) groups excluding carboxylic acids is 1. The number of nitrogens with zero attached hydrogens (tertiary/aromatic N) is 3. The highest BCUT2D eigenvalue weighted by atomic mass is 16.2. The standard InChI is InChI=1S/C39H30N4O2/c1-27-20-22-31(23-21-27)43-36(28-12-4-2-5-13-28)24-30(38(43)29-14-6-3-7-15-29)25-40-41-37(44)26-42-34-18-10-8-16-32(34)39(45)33-17-9-11-19-35(33)42/h2-25H,26H2,1H3,(H,41,44)/b40-25-. The van der Waals surface area contributed by atoms with Crippen molar-refractivity contribution < 1.29 is 4.79 Å². The lowest BCUT2D eigenvalue weighted by Crippen LogP contribution is -2.25. The highest BCUT2D eigenvalue weighted by molar-refractivity contribution is 5.96. The number of aryl methyl sites for hydroxylation is 1. The van der Waals surface area contributed by atoms with Crippen LogP contribution < -0.4 is 10.9 Å². The number of benzene rings is 5. The van der Waals surface area contributed by atoms with Gasteiger partial charge in [-0.3, -0.25) is 9.59 Å². The highest BCUT2D eigenvalue weighted by Gasteiger charge is 2.19. The minimum absolute atomic E-state index is 0.00380. The minimum Gasteiger partial charge on any atom is -0.331 e. The predicted octanol–water partition coefficient (Wildman–Crippen LogP) is 7.74. The van der Waals surface area contributed by atoms with Gasteiger partial charge in [0.2, 0.25) is 0 Å². The average Bonchev–Trinajstić information content (AvgIpc) is 3.47. The second-order valence-electron chi connectivity index (χ2n) is 11.0. The maximum Gasteiger partial charge on any atom is 0.260 e. The number of aromatic nitrogens is 2. The summed E-state index contributed by atoms with van der Waals surface area (Å²) < 4.78 is 4.11. The molecule has 0 aliphatic heterocycles. The molecule has 0 aliphatic carbocycles. The van der Waals surface area contributed by atoms with Crippen molar-refractivity contribution in [2.24, 2.45) is 5.10 Å². The number of nitrogens with one attached hydrogen (secondary N) is 1. The number of hydrogen-bond acceptors (Lipinski definition) is 3. The molecule has 1 N–H and O–H groups in total. The fourth-order valence-electron chi connectivity index (χ4n) is 5.90. The number of hydrazone groups is 1. The summed E-state index contributed by atoms with van der Waals surface area (Å²) >= 11 is 0. The van der Waals surface area contributed by atoms with E-state index in [1.54, 1.807) is 18.3 Å². The van der Waals surface area contributed by atoms with Gasteiger partial charge in [0.15, 0.2) is 5.43 Å². The third-order valence-electron chi connectivity index (χ3n) is 8.01. The van der Waals surface area contributed by atoms with Gasteiger partial charge in [0.05, 0.1) is 28.6 Å². The van der Waals surface area contributed by atoms with Gasteiger partial charge in [-0.05, 0) is 60.5 Å². The number of fused-ring (bicyclic) bond motifs is 2. The van der Waals surface area contributed by atoms with Gasteiger partial charge in [-0.25, -0.2) is 5.43 Å². The lowest BCUT2D eigenvalue weighted by molar-refractivity contribution is -0.121. The third-order valence-corrected chi connectivity index (χ3v) is 8.01. The maximum absolute atomic E-state index is 13.3. The van der Waals surface area contributed by atoms with Crippen molar-refractivity contribution in [1.82, 2.24) is 14.6 Å². The summed E-state index contributed by atoms with van der Waals surface area (Å²) in [6.45, 7) is 2.08. The molecule has 0 atom stereocenters. The van der Waals surface area contributed by atoms with Crippen LogP contribution >= 0.6 is 0 Å². The Morgan fingerprint density at radius 3 is 1.89 bits per heavy atom. The Balaban J connectivity index is 1.28. The molecule has 7 rings (SSSR count). The Kier molecular flexibility index (Phi) is 7.37. The number of para-hydroxylation sites is 2. The van der Waals surface area contributed by atoms with Crippen LogP contribution in [0.1, 0.15) is 11.1 Å². The van der Waals surface area contributed by atoms with E-state index in [1.165, 1.54) is 5.56 Å². The summed E-state index contributed by atoms with van der Waals surface area (Å²) in [5.74, 6) is -0.298. The van der Waals surface area contributed by atoms with Crippen molar-refractivity contribution >= 4 is 33.9 Å². The van der Waals surface area contributed by atoms with E-state index in [4.69, 9.17) is 0 Å². The minimum atomic E-state index is -0.298. The number of carbonyl (C=O) groups is 1. The molecule has 0 saturated heterocycles. The highest BCUT2D eigenvalue weighted by Crippen LogP contribution is 2.35. The molecular formula is C39H30N4O2. The van der Waals surface area contributed by atoms with Gasteiger partial charge in [-0.15, -0.1) is 0 Å². The van der Waals surface area contributed by atoms with Gasteiger partial charge < -0.3 is 9.13 Å². The lowest BCUT2D eigenvalue weighted by Gasteiger charge is -2.15. The van der Waals surface area contributed by atoms with Crippen molar-refractivity contribution in [3.63, 3.8) is 0 Å². The quantitative estimate of drug-likeness (QED) is 0.118. The molecule has 0 unspecified atom stereocenters. The summed E-state index contributed by atoms with van der Waals surface area (Å²) in [6.07, 6.45) is 1.71. The summed E-state index contributed by atoms with van der Waals surface area (Å²) in [5, 5.41) is 5.59. The van der Waals surface area contributed by atoms with Crippen molar-refractivity contribution in [1.29, 1.82) is 0 Å². The predicted molar refractivity (Wildman–Crippen MR) is 183 cm³/mol. The lowest BCUT2D eigenvalue weighted by atomic mass is 10.1. The van der Waals surface area contributed by atoms with Gasteiger partial charge in [-0.1, -0.05) is 103 Å². The average molecular weight is 587 g/mol. The molecule has 5 aromatic carbocycles. The number of hydrogen-bond donors (Lipinski definition) is 1. The molecule has 218 valence electrons. The van der Waals surface area contributed by atoms with Crippen molar-refractivity contribution in [3.8, 4) is 28.2 Å². The van der Waals surface area contributed by atoms with Crippen LogP contribution in [0.3, 0.4) is 0 Å². The fraction of sp³-hybridized carbons (Fsp3) is 0.0513. The van der Waals surface area contributed by atoms with E-state index in [-0.39, 0.29) is 17.9 Å². The number of amides is 1. The molecule has 6 nitrogen and oxygen atoms in total. The normalized spacial score (nSPS) is 11.4. The van der Waals surface area contributed by atoms with E-state index >= 15 is 0 Å². The maximum atomic E-state index is 13.3. The Morgan fingerprint density at radius 1 is 0.711 bits per heavy atom. The van der Waals surface area contributed by atoms with Crippen LogP contribution in [0, 0.1) is 6.92 Å². The molecule has 7 aromatic rings. The van der Waals surface area contributed by atoms with Crippen LogP contribution in [0.15, 0.2) is 149 Å². The summed E-state index contributed by atoms with van der Waals surface area (Å²) in [4.78, 5) is 26.5. The summed E-state index contributed by atoms with van der Waals surface area (Å²) in [5.41, 5.74) is 11.2. The van der Waals surface area contributed by atoms with Crippen molar-refractivity contribution in [2.45, 2.75) is 13.5 Å². The van der Waals surface area contributed by atoms with Crippen LogP contribution in [-0.4, -0.2) is 21.3 Å². The first-order valence-corrected chi connectivity index (χ1v) is 14.8. The van der Waals surface area contributed by atoms with Gasteiger partial charge in [0.25, 0.3) is 5.91 Å².